The summed E-state index contributed by atoms with van der Waals surface area (Å²) in [7, 11) is 0. The summed E-state index contributed by atoms with van der Waals surface area (Å²) in [4.78, 5) is 25.6. The molecule has 2 aliphatic carbocycles. The van der Waals surface area contributed by atoms with E-state index in [1.807, 2.05) is 4.90 Å². The molecule has 0 bridgehead atoms. The summed E-state index contributed by atoms with van der Waals surface area (Å²) in [5.41, 5.74) is 1.21. The van der Waals surface area contributed by atoms with Gasteiger partial charge in [0, 0.05) is 18.3 Å². The molecule has 2 aliphatic rings. The van der Waals surface area contributed by atoms with E-state index in [2.05, 4.69) is 11.4 Å². The molecule has 1 N–H and O–H groups in total. The Bertz CT molecular complexity index is 402. The van der Waals surface area contributed by atoms with Crippen LogP contribution in [-0.2, 0) is 14.3 Å². The molecule has 0 unspecified atom stereocenters. The van der Waals surface area contributed by atoms with E-state index >= 15 is 0 Å². The molecule has 1 amide bonds. The van der Waals surface area contributed by atoms with Gasteiger partial charge in [-0.25, -0.2) is 0 Å². The molecule has 0 saturated heterocycles. The van der Waals surface area contributed by atoms with E-state index in [1.54, 1.807) is 6.92 Å². The summed E-state index contributed by atoms with van der Waals surface area (Å²) in [5, 5.41) is 3.06. The fourth-order valence-electron chi connectivity index (χ4n) is 2.68. The highest BCUT2D eigenvalue weighted by atomic mass is 16.5. The van der Waals surface area contributed by atoms with Crippen molar-refractivity contribution in [3.63, 3.8) is 0 Å². The highest BCUT2D eigenvalue weighted by Gasteiger charge is 2.34. The molecule has 0 aliphatic heterocycles. The fraction of sp³-hybridized carbons (Fsp3) is 0.750. The lowest BCUT2D eigenvalue weighted by Crippen LogP contribution is -2.40. The molecule has 2 rings (SSSR count). The highest BCUT2D eigenvalue weighted by Crippen LogP contribution is 2.33. The standard InChI is InChI=1S/C16H26N2O3/c1-2-21-16(20)10-11-17-12-15(19)18(14-8-9-14)13-6-4-3-5-7-13/h6,14,17H,2-5,7-12H2,1H3. The van der Waals surface area contributed by atoms with Crippen molar-refractivity contribution >= 4 is 11.9 Å². The van der Waals surface area contributed by atoms with Gasteiger partial charge in [-0.1, -0.05) is 6.08 Å². The summed E-state index contributed by atoms with van der Waals surface area (Å²) in [6, 6.07) is 0.411. The maximum atomic E-state index is 12.4. The quantitative estimate of drug-likeness (QED) is 0.549. The zero-order valence-corrected chi connectivity index (χ0v) is 12.9. The van der Waals surface area contributed by atoms with Crippen molar-refractivity contribution in [3.8, 4) is 0 Å². The number of carbonyl (C=O) groups is 2. The van der Waals surface area contributed by atoms with Gasteiger partial charge >= 0.3 is 5.97 Å². The Hall–Kier alpha value is -1.36. The van der Waals surface area contributed by atoms with Crippen LogP contribution in [0.25, 0.3) is 0 Å². The predicted molar refractivity (Wildman–Crippen MR) is 80.5 cm³/mol. The van der Waals surface area contributed by atoms with Crippen molar-refractivity contribution in [3.05, 3.63) is 11.8 Å². The van der Waals surface area contributed by atoms with E-state index in [0.29, 0.717) is 32.2 Å². The van der Waals surface area contributed by atoms with Crippen LogP contribution in [0.3, 0.4) is 0 Å². The molecule has 5 heteroatoms. The minimum atomic E-state index is -0.216. The normalized spacial score (nSPS) is 18.0. The van der Waals surface area contributed by atoms with Crippen LogP contribution in [0.5, 0.6) is 0 Å². The molecule has 5 nitrogen and oxygen atoms in total. The minimum absolute atomic E-state index is 0.134. The minimum Gasteiger partial charge on any atom is -0.466 e. The van der Waals surface area contributed by atoms with Crippen LogP contribution in [-0.4, -0.2) is 42.5 Å². The molecular weight excluding hydrogens is 268 g/mol. The first kappa shape index (κ1) is 16.0. The Labute approximate surface area is 126 Å². The highest BCUT2D eigenvalue weighted by molar-refractivity contribution is 5.81. The molecule has 21 heavy (non-hydrogen) atoms. The number of nitrogens with zero attached hydrogens (tertiary/aromatic N) is 1. The first-order valence-corrected chi connectivity index (χ1v) is 8.09. The topological polar surface area (TPSA) is 58.6 Å². The number of allylic oxidation sites excluding steroid dienone is 2. The first-order chi connectivity index (χ1) is 10.2. The summed E-state index contributed by atoms with van der Waals surface area (Å²) >= 11 is 0. The van der Waals surface area contributed by atoms with E-state index in [0.717, 1.165) is 25.7 Å². The number of carbonyl (C=O) groups excluding carboxylic acids is 2. The molecule has 118 valence electrons. The van der Waals surface area contributed by atoms with Gasteiger partial charge in [-0.15, -0.1) is 0 Å². The van der Waals surface area contributed by atoms with Crippen LogP contribution in [0.4, 0.5) is 0 Å². The number of hydrogen-bond donors (Lipinski definition) is 1. The lowest BCUT2D eigenvalue weighted by molar-refractivity contribution is -0.143. The first-order valence-electron chi connectivity index (χ1n) is 8.09. The van der Waals surface area contributed by atoms with Crippen LogP contribution < -0.4 is 5.32 Å². The number of ether oxygens (including phenoxy) is 1. The molecule has 0 aromatic rings. The molecule has 1 saturated carbocycles. The van der Waals surface area contributed by atoms with Crippen LogP contribution in [0.2, 0.25) is 0 Å². The van der Waals surface area contributed by atoms with Gasteiger partial charge in [0.05, 0.1) is 19.6 Å². The van der Waals surface area contributed by atoms with E-state index in [9.17, 15) is 9.59 Å². The number of hydrogen-bond acceptors (Lipinski definition) is 4. The molecule has 0 aromatic heterocycles. The Balaban J connectivity index is 1.74. The monoisotopic (exact) mass is 294 g/mol. The third kappa shape index (κ3) is 5.16. The van der Waals surface area contributed by atoms with Gasteiger partial charge in [0.1, 0.15) is 0 Å². The van der Waals surface area contributed by atoms with Gasteiger partial charge in [0.25, 0.3) is 0 Å². The number of rotatable bonds is 8. The Kier molecular flexibility index (Phi) is 6.23. The number of nitrogens with one attached hydrogen (secondary N) is 1. The molecular formula is C16H26N2O3. The molecule has 0 aromatic carbocycles. The molecule has 0 atom stereocenters. The molecule has 0 spiro atoms. The van der Waals surface area contributed by atoms with Gasteiger partial charge in [-0.3, -0.25) is 9.59 Å². The van der Waals surface area contributed by atoms with E-state index in [-0.39, 0.29) is 11.9 Å². The number of esters is 1. The van der Waals surface area contributed by atoms with Crippen LogP contribution in [0, 0.1) is 0 Å². The Morgan fingerprint density at radius 1 is 1.38 bits per heavy atom. The van der Waals surface area contributed by atoms with Gasteiger partial charge in [-0.05, 0) is 45.4 Å². The summed E-state index contributed by atoms with van der Waals surface area (Å²) in [6.07, 6.45) is 9.28. The maximum Gasteiger partial charge on any atom is 0.307 e. The summed E-state index contributed by atoms with van der Waals surface area (Å²) in [6.45, 7) is 2.98. The second-order valence-electron chi connectivity index (χ2n) is 5.67. The lowest BCUT2D eigenvalue weighted by atomic mass is 10.0. The Morgan fingerprint density at radius 3 is 2.81 bits per heavy atom. The van der Waals surface area contributed by atoms with Gasteiger partial charge < -0.3 is 15.0 Å². The van der Waals surface area contributed by atoms with Gasteiger partial charge in [-0.2, -0.15) is 0 Å². The molecule has 1 fully saturated rings. The zero-order chi connectivity index (χ0) is 15.1. The smallest absolute Gasteiger partial charge is 0.307 e. The van der Waals surface area contributed by atoms with Crippen molar-refractivity contribution in [2.75, 3.05) is 19.7 Å². The van der Waals surface area contributed by atoms with Crippen LogP contribution in [0.15, 0.2) is 11.8 Å². The van der Waals surface area contributed by atoms with E-state index in [4.69, 9.17) is 4.74 Å². The third-order valence-corrected chi connectivity index (χ3v) is 3.84. The van der Waals surface area contributed by atoms with Gasteiger partial charge in [0.2, 0.25) is 5.91 Å². The SMILES string of the molecule is CCOC(=O)CCNCC(=O)N(C1=CCCCC1)C1CC1. The lowest BCUT2D eigenvalue weighted by Gasteiger charge is -2.28. The average Bonchev–Trinajstić information content (AvgIpc) is 3.30. The van der Waals surface area contributed by atoms with Crippen molar-refractivity contribution in [1.29, 1.82) is 0 Å². The largest absolute Gasteiger partial charge is 0.466 e. The molecule has 0 radical (unpaired) electrons. The second-order valence-corrected chi connectivity index (χ2v) is 5.67. The van der Waals surface area contributed by atoms with E-state index < -0.39 is 0 Å². The zero-order valence-electron chi connectivity index (χ0n) is 12.9. The van der Waals surface area contributed by atoms with Crippen molar-refractivity contribution in [2.45, 2.75) is 57.9 Å². The van der Waals surface area contributed by atoms with Crippen molar-refractivity contribution < 1.29 is 14.3 Å². The average molecular weight is 294 g/mol. The summed E-state index contributed by atoms with van der Waals surface area (Å²) < 4.78 is 4.86. The van der Waals surface area contributed by atoms with Gasteiger partial charge in [0.15, 0.2) is 0 Å². The predicted octanol–water partition coefficient (Wildman–Crippen LogP) is 1.98. The van der Waals surface area contributed by atoms with Crippen molar-refractivity contribution in [2.24, 2.45) is 0 Å². The van der Waals surface area contributed by atoms with Crippen molar-refractivity contribution in [1.82, 2.24) is 10.2 Å². The summed E-state index contributed by atoms with van der Waals surface area (Å²) in [5.74, 6) is -0.0824. The van der Waals surface area contributed by atoms with Crippen LogP contribution >= 0.6 is 0 Å². The van der Waals surface area contributed by atoms with Crippen LogP contribution in [0.1, 0.15) is 51.9 Å². The Morgan fingerprint density at radius 2 is 2.19 bits per heavy atom. The molecule has 0 heterocycles. The maximum absolute atomic E-state index is 12.4. The fourth-order valence-corrected chi connectivity index (χ4v) is 2.68. The number of amides is 1. The second kappa shape index (κ2) is 8.17. The van der Waals surface area contributed by atoms with E-state index in [1.165, 1.54) is 18.5 Å². The third-order valence-electron chi connectivity index (χ3n) is 3.84.